The minimum absolute atomic E-state index is 0.858. The fourth-order valence-electron chi connectivity index (χ4n) is 3.62. The van der Waals surface area contributed by atoms with Crippen molar-refractivity contribution >= 4 is 44.7 Å². The third kappa shape index (κ3) is 4.24. The van der Waals surface area contributed by atoms with E-state index in [4.69, 9.17) is 5.11 Å². The number of thiazole rings is 1. The van der Waals surface area contributed by atoms with E-state index < -0.39 is 5.97 Å². The summed E-state index contributed by atoms with van der Waals surface area (Å²) in [6.45, 7) is 2.18. The van der Waals surface area contributed by atoms with Crippen LogP contribution in [0.1, 0.15) is 35.6 Å². The Morgan fingerprint density at radius 1 is 0.967 bits per heavy atom. The van der Waals surface area contributed by atoms with Crippen molar-refractivity contribution in [3.8, 4) is 0 Å². The van der Waals surface area contributed by atoms with Crippen molar-refractivity contribution in [2.24, 2.45) is 0 Å². The van der Waals surface area contributed by atoms with Gasteiger partial charge in [-0.1, -0.05) is 67.6 Å². The summed E-state index contributed by atoms with van der Waals surface area (Å²) in [6, 6.07) is 24.9. The summed E-state index contributed by atoms with van der Waals surface area (Å²) in [5.41, 5.74) is 9.66. The van der Waals surface area contributed by atoms with Gasteiger partial charge in [-0.25, -0.2) is 9.78 Å². The largest absolute Gasteiger partial charge is 0.478 e. The maximum Gasteiger partial charge on any atom is 0.328 e. The van der Waals surface area contributed by atoms with Crippen molar-refractivity contribution in [2.45, 2.75) is 13.3 Å². The predicted octanol–water partition coefficient (Wildman–Crippen LogP) is 6.76. The molecule has 0 aliphatic heterocycles. The van der Waals surface area contributed by atoms with Crippen molar-refractivity contribution in [2.75, 3.05) is 0 Å². The lowest BCUT2D eigenvalue weighted by Crippen LogP contribution is -1.95. The van der Waals surface area contributed by atoms with E-state index in [2.05, 4.69) is 66.5 Å². The number of carbonyl (C=O) groups is 1. The number of hydrogen-bond donors (Lipinski definition) is 1. The lowest BCUT2D eigenvalue weighted by Gasteiger charge is -2.16. The van der Waals surface area contributed by atoms with E-state index in [-0.39, 0.29) is 0 Å². The van der Waals surface area contributed by atoms with Crippen LogP contribution in [-0.2, 0) is 4.79 Å². The Kier molecular flexibility index (Phi) is 5.87. The van der Waals surface area contributed by atoms with Gasteiger partial charge in [0.05, 0.1) is 15.7 Å². The van der Waals surface area contributed by atoms with Crippen molar-refractivity contribution in [3.63, 3.8) is 0 Å². The monoisotopic (exact) mass is 411 g/mol. The number of fused-ring (bicyclic) bond motifs is 1. The van der Waals surface area contributed by atoms with Crippen LogP contribution in [-0.4, -0.2) is 16.1 Å². The summed E-state index contributed by atoms with van der Waals surface area (Å²) in [4.78, 5) is 15.2. The van der Waals surface area contributed by atoms with Crippen LogP contribution in [0.2, 0.25) is 0 Å². The summed E-state index contributed by atoms with van der Waals surface area (Å²) in [6.07, 6.45) is 3.66. The number of aliphatic carboxylic acids is 1. The third-order valence-corrected chi connectivity index (χ3v) is 5.81. The second-order valence-corrected chi connectivity index (χ2v) is 7.79. The molecule has 3 nitrogen and oxygen atoms in total. The molecule has 4 heteroatoms. The summed E-state index contributed by atoms with van der Waals surface area (Å²) in [5.74, 6) is -0.949. The molecule has 1 N–H and O–H groups in total. The van der Waals surface area contributed by atoms with Gasteiger partial charge in [0.1, 0.15) is 0 Å². The molecule has 0 amide bonds. The molecule has 0 radical (unpaired) electrons. The van der Waals surface area contributed by atoms with Crippen molar-refractivity contribution in [1.82, 2.24) is 4.98 Å². The molecule has 0 unspecified atom stereocenters. The maximum atomic E-state index is 10.8. The molecule has 1 aromatic heterocycles. The molecule has 0 bridgehead atoms. The number of nitrogens with zero attached hydrogens (tertiary/aromatic N) is 1. The van der Waals surface area contributed by atoms with E-state index in [9.17, 15) is 4.79 Å². The van der Waals surface area contributed by atoms with Crippen LogP contribution >= 0.6 is 11.3 Å². The lowest BCUT2D eigenvalue weighted by molar-refractivity contribution is -0.131. The fourth-order valence-corrected chi connectivity index (χ4v) is 4.34. The SMILES string of the molecule is CCC(=C(c1ccc(C=CC(=O)O)cc1)c1ccc2ncsc2c1)c1ccccc1. The number of hydrogen-bond acceptors (Lipinski definition) is 3. The number of allylic oxidation sites excluding steroid dienone is 1. The van der Waals surface area contributed by atoms with Crippen molar-refractivity contribution in [1.29, 1.82) is 0 Å². The molecular formula is C26H21NO2S. The Morgan fingerprint density at radius 2 is 1.70 bits per heavy atom. The van der Waals surface area contributed by atoms with E-state index in [1.54, 1.807) is 17.4 Å². The van der Waals surface area contributed by atoms with E-state index in [1.165, 1.54) is 16.7 Å². The molecule has 0 spiro atoms. The van der Waals surface area contributed by atoms with Crippen molar-refractivity contribution < 1.29 is 9.90 Å². The number of aromatic nitrogens is 1. The number of carboxylic acid groups (broad SMARTS) is 1. The highest BCUT2D eigenvalue weighted by Gasteiger charge is 2.14. The summed E-state index contributed by atoms with van der Waals surface area (Å²) < 4.78 is 1.16. The van der Waals surface area contributed by atoms with Gasteiger partial charge in [-0.05, 0) is 58.0 Å². The predicted molar refractivity (Wildman–Crippen MR) is 125 cm³/mol. The van der Waals surface area contributed by atoms with Gasteiger partial charge in [-0.3, -0.25) is 0 Å². The first-order valence-corrected chi connectivity index (χ1v) is 10.7. The van der Waals surface area contributed by atoms with Gasteiger partial charge in [0.2, 0.25) is 0 Å². The summed E-state index contributed by atoms with van der Waals surface area (Å²) in [5, 5.41) is 8.87. The first kappa shape index (κ1) is 19.8. The number of carboxylic acids is 1. The van der Waals surface area contributed by atoms with Gasteiger partial charge < -0.3 is 5.11 Å². The van der Waals surface area contributed by atoms with E-state index in [0.717, 1.165) is 39.4 Å². The van der Waals surface area contributed by atoms with Gasteiger partial charge in [-0.2, -0.15) is 0 Å². The van der Waals surface area contributed by atoms with Gasteiger partial charge in [0.25, 0.3) is 0 Å². The summed E-state index contributed by atoms with van der Waals surface area (Å²) in [7, 11) is 0. The van der Waals surface area contributed by atoms with Crippen LogP contribution < -0.4 is 0 Å². The first-order valence-electron chi connectivity index (χ1n) is 9.79. The fraction of sp³-hybridized carbons (Fsp3) is 0.0769. The summed E-state index contributed by atoms with van der Waals surface area (Å²) >= 11 is 1.64. The molecule has 0 aliphatic rings. The zero-order chi connectivity index (χ0) is 20.9. The highest BCUT2D eigenvalue weighted by atomic mass is 32.1. The normalized spacial score (nSPS) is 12.3. The molecule has 4 aromatic rings. The smallest absolute Gasteiger partial charge is 0.328 e. The Balaban J connectivity index is 1.89. The van der Waals surface area contributed by atoms with Crippen LogP contribution in [0.4, 0.5) is 0 Å². The molecule has 0 aliphatic carbocycles. The quantitative estimate of drug-likeness (QED) is 0.282. The molecular weight excluding hydrogens is 390 g/mol. The van der Waals surface area contributed by atoms with Crippen LogP contribution in [0.5, 0.6) is 0 Å². The van der Waals surface area contributed by atoms with Crippen LogP contribution in [0, 0.1) is 0 Å². The number of rotatable bonds is 6. The highest BCUT2D eigenvalue weighted by Crippen LogP contribution is 2.36. The van der Waals surface area contributed by atoms with Crippen LogP contribution in [0.3, 0.4) is 0 Å². The molecule has 0 atom stereocenters. The Bertz CT molecular complexity index is 1240. The van der Waals surface area contributed by atoms with E-state index in [1.807, 2.05) is 23.7 Å². The van der Waals surface area contributed by atoms with Gasteiger partial charge in [0, 0.05) is 6.08 Å². The van der Waals surface area contributed by atoms with Gasteiger partial charge in [-0.15, -0.1) is 11.3 Å². The first-order chi connectivity index (χ1) is 14.7. The maximum absolute atomic E-state index is 10.8. The Labute approximate surface area is 179 Å². The average molecular weight is 412 g/mol. The van der Waals surface area contributed by atoms with E-state index in [0.29, 0.717) is 0 Å². The highest BCUT2D eigenvalue weighted by molar-refractivity contribution is 7.16. The minimum Gasteiger partial charge on any atom is -0.478 e. The molecule has 4 rings (SSSR count). The molecule has 1 heterocycles. The second-order valence-electron chi connectivity index (χ2n) is 6.90. The van der Waals surface area contributed by atoms with Crippen molar-refractivity contribution in [3.05, 3.63) is 107 Å². The molecule has 0 saturated carbocycles. The molecule has 3 aromatic carbocycles. The second kappa shape index (κ2) is 8.89. The average Bonchev–Trinajstić information content (AvgIpc) is 3.25. The molecule has 148 valence electrons. The van der Waals surface area contributed by atoms with Gasteiger partial charge in [0.15, 0.2) is 0 Å². The van der Waals surface area contributed by atoms with Gasteiger partial charge >= 0.3 is 5.97 Å². The Morgan fingerprint density at radius 3 is 2.40 bits per heavy atom. The van der Waals surface area contributed by atoms with Crippen LogP contribution in [0.15, 0.2) is 84.4 Å². The minimum atomic E-state index is -0.949. The standard InChI is InChI=1S/C26H21NO2S/c1-2-22(19-6-4-3-5-7-19)26(21-13-14-23-24(16-21)30-17-27-23)20-11-8-18(9-12-20)10-15-25(28)29/h3-17H,2H2,1H3,(H,28,29). The number of benzene rings is 3. The van der Waals surface area contributed by atoms with Crippen LogP contribution in [0.25, 0.3) is 27.4 Å². The Hall–Kier alpha value is -3.50. The zero-order valence-electron chi connectivity index (χ0n) is 16.6. The molecule has 0 fully saturated rings. The topological polar surface area (TPSA) is 50.2 Å². The van der Waals surface area contributed by atoms with E-state index >= 15 is 0 Å². The molecule has 0 saturated heterocycles. The zero-order valence-corrected chi connectivity index (χ0v) is 17.4. The third-order valence-electron chi connectivity index (χ3n) is 5.02. The lowest BCUT2D eigenvalue weighted by atomic mass is 9.88. The molecule has 30 heavy (non-hydrogen) atoms.